The molecule has 2 bridgehead atoms. The van der Waals surface area contributed by atoms with E-state index in [4.69, 9.17) is 30.2 Å². The van der Waals surface area contributed by atoms with E-state index >= 15 is 0 Å². The first-order valence-electron chi connectivity index (χ1n) is 12.3. The molecule has 2 aromatic rings. The molecule has 12 heteroatoms. The first kappa shape index (κ1) is 25.7. The Morgan fingerprint density at radius 2 is 2.00 bits per heavy atom. The van der Waals surface area contributed by atoms with E-state index in [0.29, 0.717) is 37.3 Å². The molecular formula is C25H30ClFN4O6. The average Bonchev–Trinajstić information content (AvgIpc) is 3.52. The van der Waals surface area contributed by atoms with Crippen LogP contribution in [0.5, 0.6) is 5.75 Å². The van der Waals surface area contributed by atoms with Crippen molar-refractivity contribution in [2.45, 2.75) is 63.2 Å². The highest BCUT2D eigenvalue weighted by atomic mass is 35.5. The van der Waals surface area contributed by atoms with Crippen LogP contribution in [0.1, 0.15) is 63.8 Å². The number of morpholine rings is 1. The molecule has 2 heterocycles. The molecule has 1 saturated heterocycles. The number of nitrogens with zero attached hydrogens (tertiary/aromatic N) is 3. The smallest absolute Gasteiger partial charge is 0.410 e. The molecule has 0 spiro atoms. The van der Waals surface area contributed by atoms with E-state index in [1.807, 2.05) is 20.8 Å². The van der Waals surface area contributed by atoms with Crippen molar-refractivity contribution in [2.75, 3.05) is 26.3 Å². The first-order chi connectivity index (χ1) is 17.5. The van der Waals surface area contributed by atoms with Gasteiger partial charge >= 0.3 is 6.09 Å². The fourth-order valence-electron chi connectivity index (χ4n) is 5.29. The lowest BCUT2D eigenvalue weighted by Crippen LogP contribution is -2.53. The molecule has 6 rings (SSSR count). The Labute approximate surface area is 218 Å². The van der Waals surface area contributed by atoms with Gasteiger partial charge in [-0.25, -0.2) is 9.18 Å². The third-order valence-corrected chi connectivity index (χ3v) is 7.22. The number of halogens is 2. The summed E-state index contributed by atoms with van der Waals surface area (Å²) in [6.45, 7) is 6.27. The molecule has 1 N–H and O–H groups in total. The Morgan fingerprint density at radius 3 is 2.73 bits per heavy atom. The number of nitrogens with one attached hydrogen (secondary N) is 1. The number of ether oxygens (including phenoxy) is 3. The van der Waals surface area contributed by atoms with Gasteiger partial charge in [0.15, 0.2) is 12.7 Å². The van der Waals surface area contributed by atoms with Gasteiger partial charge in [-0.2, -0.15) is 0 Å². The number of fused-ring (bicyclic) bond motifs is 1. The molecule has 2 amide bonds. The van der Waals surface area contributed by atoms with Gasteiger partial charge in [0.25, 0.3) is 5.91 Å². The van der Waals surface area contributed by atoms with Crippen molar-refractivity contribution in [3.05, 3.63) is 40.8 Å². The molecule has 1 aliphatic heterocycles. The molecule has 200 valence electrons. The Hall–Kier alpha value is -2.92. The Kier molecular flexibility index (Phi) is 6.78. The summed E-state index contributed by atoms with van der Waals surface area (Å²) in [5, 5.41) is 11.5. The van der Waals surface area contributed by atoms with E-state index in [9.17, 15) is 14.0 Å². The van der Waals surface area contributed by atoms with Crippen molar-refractivity contribution in [3.8, 4) is 5.75 Å². The largest absolute Gasteiger partial charge is 0.484 e. The second-order valence-corrected chi connectivity index (χ2v) is 11.3. The first-order valence-corrected chi connectivity index (χ1v) is 12.7. The SMILES string of the molecule is CC(C)(C)OC(=O)N1CCO[C@@H](c2nnc([C@H]3CC4(NC(=O)COc5ccc(Cl)c(F)c5)CC3C4)o2)C1. The minimum Gasteiger partial charge on any atom is -0.484 e. The summed E-state index contributed by atoms with van der Waals surface area (Å²) in [6, 6.07) is 4.04. The van der Waals surface area contributed by atoms with Crippen LogP contribution in [0.4, 0.5) is 9.18 Å². The number of carbonyl (C=O) groups is 2. The lowest BCUT2D eigenvalue weighted by atomic mass is 9.76. The van der Waals surface area contributed by atoms with E-state index in [-0.39, 0.29) is 41.3 Å². The van der Waals surface area contributed by atoms with Crippen LogP contribution in [-0.4, -0.2) is 64.5 Å². The fraction of sp³-hybridized carbons (Fsp3) is 0.600. The lowest BCUT2D eigenvalue weighted by molar-refractivity contribution is -0.125. The summed E-state index contributed by atoms with van der Waals surface area (Å²) in [5.74, 6) is 0.545. The van der Waals surface area contributed by atoms with Crippen molar-refractivity contribution >= 4 is 23.6 Å². The van der Waals surface area contributed by atoms with Gasteiger partial charge in [0.1, 0.15) is 17.2 Å². The standard InChI is InChI=1S/C25H30ClFN4O6/c1-24(2,3)37-23(33)31-6-7-34-19(12-31)22-30-29-21(36-22)16-11-25(9-14(16)10-25)28-20(32)13-35-15-4-5-17(26)18(27)8-15/h4-5,8,14,16,19H,6-7,9-13H2,1-3H3,(H,28,32)/t14?,16-,19+,25?/m0/s1. The summed E-state index contributed by atoms with van der Waals surface area (Å²) >= 11 is 5.68. The van der Waals surface area contributed by atoms with Crippen LogP contribution in [-0.2, 0) is 14.3 Å². The van der Waals surface area contributed by atoms with Crippen LogP contribution in [0.25, 0.3) is 0 Å². The fourth-order valence-corrected chi connectivity index (χ4v) is 5.41. The zero-order chi connectivity index (χ0) is 26.4. The number of aromatic nitrogens is 2. The summed E-state index contributed by atoms with van der Waals surface area (Å²) in [7, 11) is 0. The van der Waals surface area contributed by atoms with E-state index in [1.165, 1.54) is 12.1 Å². The molecular weight excluding hydrogens is 507 g/mol. The van der Waals surface area contributed by atoms with Gasteiger partial charge < -0.3 is 28.8 Å². The summed E-state index contributed by atoms with van der Waals surface area (Å²) in [6.07, 6.45) is 1.37. The molecule has 1 aromatic carbocycles. The quantitative estimate of drug-likeness (QED) is 0.589. The molecule has 10 nitrogen and oxygen atoms in total. The highest BCUT2D eigenvalue weighted by Crippen LogP contribution is 2.59. The molecule has 3 saturated carbocycles. The predicted octanol–water partition coefficient (Wildman–Crippen LogP) is 4.00. The molecule has 2 atom stereocenters. The molecule has 0 unspecified atom stereocenters. The number of hydrogen-bond donors (Lipinski definition) is 1. The summed E-state index contributed by atoms with van der Waals surface area (Å²) in [5.41, 5.74) is -0.929. The summed E-state index contributed by atoms with van der Waals surface area (Å²) in [4.78, 5) is 26.5. The van der Waals surface area contributed by atoms with Crippen LogP contribution >= 0.6 is 11.6 Å². The molecule has 37 heavy (non-hydrogen) atoms. The molecule has 4 aliphatic rings. The monoisotopic (exact) mass is 536 g/mol. The highest BCUT2D eigenvalue weighted by Gasteiger charge is 2.58. The second kappa shape index (κ2) is 9.75. The van der Waals surface area contributed by atoms with Crippen molar-refractivity contribution in [3.63, 3.8) is 0 Å². The number of hydrogen-bond acceptors (Lipinski definition) is 8. The maximum Gasteiger partial charge on any atom is 0.410 e. The second-order valence-electron chi connectivity index (χ2n) is 10.9. The number of rotatable bonds is 6. The molecule has 4 fully saturated rings. The van der Waals surface area contributed by atoms with Crippen molar-refractivity contribution in [1.29, 1.82) is 0 Å². The van der Waals surface area contributed by atoms with Gasteiger partial charge in [-0.05, 0) is 58.1 Å². The summed E-state index contributed by atoms with van der Waals surface area (Å²) < 4.78 is 36.2. The van der Waals surface area contributed by atoms with Crippen LogP contribution in [0.3, 0.4) is 0 Å². The molecule has 3 aliphatic carbocycles. The zero-order valence-corrected chi connectivity index (χ0v) is 21.7. The minimum absolute atomic E-state index is 0.00667. The van der Waals surface area contributed by atoms with Gasteiger partial charge in [0.2, 0.25) is 11.8 Å². The number of carbonyl (C=O) groups excluding carboxylic acids is 2. The lowest BCUT2D eigenvalue weighted by Gasteiger charge is -2.39. The maximum absolute atomic E-state index is 13.6. The Morgan fingerprint density at radius 1 is 1.24 bits per heavy atom. The van der Waals surface area contributed by atoms with Crippen molar-refractivity contribution in [2.24, 2.45) is 5.92 Å². The predicted molar refractivity (Wildman–Crippen MR) is 129 cm³/mol. The maximum atomic E-state index is 13.6. The Bertz CT molecular complexity index is 1180. The van der Waals surface area contributed by atoms with E-state index in [0.717, 1.165) is 18.9 Å². The number of amides is 2. The Balaban J connectivity index is 1.14. The van der Waals surface area contributed by atoms with Gasteiger partial charge in [-0.1, -0.05) is 11.6 Å². The zero-order valence-electron chi connectivity index (χ0n) is 21.0. The van der Waals surface area contributed by atoms with E-state index < -0.39 is 23.6 Å². The normalized spacial score (nSPS) is 26.9. The minimum atomic E-state index is -0.603. The van der Waals surface area contributed by atoms with Crippen molar-refractivity contribution < 1.29 is 32.6 Å². The third-order valence-electron chi connectivity index (χ3n) is 6.92. The van der Waals surface area contributed by atoms with Crippen molar-refractivity contribution in [1.82, 2.24) is 20.4 Å². The van der Waals surface area contributed by atoms with Crippen LogP contribution in [0.2, 0.25) is 5.02 Å². The third kappa shape index (κ3) is 5.67. The highest BCUT2D eigenvalue weighted by molar-refractivity contribution is 6.30. The van der Waals surface area contributed by atoms with Gasteiger partial charge in [0, 0.05) is 24.1 Å². The van der Waals surface area contributed by atoms with E-state index in [2.05, 4.69) is 15.5 Å². The molecule has 0 radical (unpaired) electrons. The van der Waals surface area contributed by atoms with E-state index in [1.54, 1.807) is 4.90 Å². The number of benzene rings is 1. The van der Waals surface area contributed by atoms with Crippen LogP contribution in [0, 0.1) is 11.7 Å². The van der Waals surface area contributed by atoms with Gasteiger partial charge in [-0.15, -0.1) is 10.2 Å². The van der Waals surface area contributed by atoms with Gasteiger partial charge in [0.05, 0.1) is 18.2 Å². The molecule has 1 aromatic heterocycles. The van der Waals surface area contributed by atoms with Gasteiger partial charge in [-0.3, -0.25) is 4.79 Å². The average molecular weight is 537 g/mol. The van der Waals surface area contributed by atoms with Crippen LogP contribution in [0.15, 0.2) is 22.6 Å². The topological polar surface area (TPSA) is 116 Å². The van der Waals surface area contributed by atoms with Crippen LogP contribution < -0.4 is 10.1 Å².